The van der Waals surface area contributed by atoms with Gasteiger partial charge in [-0.1, -0.05) is 0 Å². The zero-order valence-corrected chi connectivity index (χ0v) is 15.4. The minimum atomic E-state index is -4.52. The zero-order valence-electron chi connectivity index (χ0n) is 14.6. The van der Waals surface area contributed by atoms with Crippen molar-refractivity contribution < 1.29 is 22.0 Å². The molecule has 0 amide bonds. The number of halogens is 5. The number of aromatic nitrogens is 4. The Bertz CT molecular complexity index is 1080. The molecule has 0 bridgehead atoms. The van der Waals surface area contributed by atoms with E-state index in [1.54, 1.807) is 12.1 Å². The Morgan fingerprint density at radius 3 is 2.55 bits per heavy atom. The number of nitrogens with one attached hydrogen (secondary N) is 1. The first-order chi connectivity index (χ1) is 13.7. The number of H-pyrrole nitrogens is 1. The maximum Gasteiger partial charge on any atom is 0.433 e. The fraction of sp³-hybridized carbons (Fsp3) is 0.235. The van der Waals surface area contributed by atoms with Crippen LogP contribution in [0.25, 0.3) is 10.4 Å². The van der Waals surface area contributed by atoms with Crippen LogP contribution in [0.5, 0.6) is 0 Å². The van der Waals surface area contributed by atoms with Gasteiger partial charge >= 0.3 is 11.9 Å². The van der Waals surface area contributed by atoms with Crippen molar-refractivity contribution in [2.75, 3.05) is 6.54 Å². The van der Waals surface area contributed by atoms with E-state index in [1.165, 1.54) is 22.0 Å². The van der Waals surface area contributed by atoms with Gasteiger partial charge in [0.25, 0.3) is 6.08 Å². The standard InChI is InChI=1S/C17H14F5N5OS/c18-15(19)10(6-23)5-14-25-26-16(28)27(14)8-11-2-3-12(29-11)9-1-4-13(24-7-9)17(20,21)22/h1-4,7H,5-6,8,23H2,(H,26,28). The highest BCUT2D eigenvalue weighted by molar-refractivity contribution is 7.15. The molecule has 12 heteroatoms. The van der Waals surface area contributed by atoms with Crippen LogP contribution >= 0.6 is 11.3 Å². The number of nitrogens with zero attached hydrogens (tertiary/aromatic N) is 3. The number of pyridine rings is 1. The molecule has 0 fully saturated rings. The van der Waals surface area contributed by atoms with Crippen molar-refractivity contribution in [1.82, 2.24) is 19.7 Å². The number of aromatic amines is 1. The lowest BCUT2D eigenvalue weighted by atomic mass is 10.2. The lowest BCUT2D eigenvalue weighted by Gasteiger charge is -2.06. The minimum Gasteiger partial charge on any atom is -0.327 e. The van der Waals surface area contributed by atoms with Crippen LogP contribution in [0.15, 0.2) is 46.9 Å². The molecule has 0 saturated carbocycles. The van der Waals surface area contributed by atoms with E-state index in [2.05, 4.69) is 15.2 Å². The van der Waals surface area contributed by atoms with E-state index in [1.807, 2.05) is 0 Å². The molecule has 0 aliphatic carbocycles. The number of hydrogen-bond acceptors (Lipinski definition) is 5. The van der Waals surface area contributed by atoms with Crippen molar-refractivity contribution in [2.24, 2.45) is 5.73 Å². The first-order valence-corrected chi connectivity index (χ1v) is 9.00. The third-order valence-corrected chi connectivity index (χ3v) is 5.16. The zero-order chi connectivity index (χ0) is 21.2. The SMILES string of the molecule is NCC(Cc1n[nH]c(=O)n1Cc1ccc(-c2ccc(C(F)(F)F)nc2)s1)=C(F)F. The van der Waals surface area contributed by atoms with Crippen LogP contribution in [0, 0.1) is 0 Å². The molecule has 3 N–H and O–H groups in total. The van der Waals surface area contributed by atoms with E-state index in [4.69, 9.17) is 5.73 Å². The summed E-state index contributed by atoms with van der Waals surface area (Å²) in [6.45, 7) is -0.303. The molecule has 0 aliphatic heterocycles. The van der Waals surface area contributed by atoms with Crippen LogP contribution in [-0.2, 0) is 19.1 Å². The summed E-state index contributed by atoms with van der Waals surface area (Å²) in [5.74, 6) is 0.106. The molecule has 154 valence electrons. The van der Waals surface area contributed by atoms with E-state index < -0.39 is 23.6 Å². The van der Waals surface area contributed by atoms with Crippen LogP contribution in [0.4, 0.5) is 22.0 Å². The Balaban J connectivity index is 1.82. The maximum atomic E-state index is 12.8. The van der Waals surface area contributed by atoms with Gasteiger partial charge in [-0.25, -0.2) is 9.89 Å². The number of nitrogens with two attached hydrogens (primary N) is 1. The molecule has 0 radical (unpaired) electrons. The lowest BCUT2D eigenvalue weighted by molar-refractivity contribution is -0.141. The fourth-order valence-electron chi connectivity index (χ4n) is 2.54. The summed E-state index contributed by atoms with van der Waals surface area (Å²) in [7, 11) is 0. The topological polar surface area (TPSA) is 89.6 Å². The minimum absolute atomic E-state index is 0.0646. The molecule has 0 aromatic carbocycles. The lowest BCUT2D eigenvalue weighted by Crippen LogP contribution is -2.20. The third-order valence-electron chi connectivity index (χ3n) is 4.04. The summed E-state index contributed by atoms with van der Waals surface area (Å²) in [5.41, 5.74) is 3.90. The molecule has 0 atom stereocenters. The van der Waals surface area contributed by atoms with Gasteiger partial charge in [0.2, 0.25) is 0 Å². The number of rotatable bonds is 6. The van der Waals surface area contributed by atoms with Crippen LogP contribution in [0.1, 0.15) is 16.4 Å². The summed E-state index contributed by atoms with van der Waals surface area (Å²) < 4.78 is 64.8. The molecule has 3 aromatic heterocycles. The molecule has 0 unspecified atom stereocenters. The van der Waals surface area contributed by atoms with Crippen molar-refractivity contribution in [3.63, 3.8) is 0 Å². The molecule has 3 rings (SSSR count). The van der Waals surface area contributed by atoms with Crippen LogP contribution in [0.2, 0.25) is 0 Å². The maximum absolute atomic E-state index is 12.8. The molecule has 3 aromatic rings. The molecule has 0 spiro atoms. The predicted molar refractivity (Wildman–Crippen MR) is 96.5 cm³/mol. The Morgan fingerprint density at radius 1 is 1.21 bits per heavy atom. The predicted octanol–water partition coefficient (Wildman–Crippen LogP) is 3.41. The summed E-state index contributed by atoms with van der Waals surface area (Å²) in [6, 6.07) is 5.57. The molecular weight excluding hydrogens is 417 g/mol. The van der Waals surface area contributed by atoms with Gasteiger partial charge in [0.1, 0.15) is 11.5 Å². The number of alkyl halides is 3. The second-order valence-corrected chi connectivity index (χ2v) is 7.14. The summed E-state index contributed by atoms with van der Waals surface area (Å²) >= 11 is 1.24. The van der Waals surface area contributed by atoms with Crippen molar-refractivity contribution in [3.8, 4) is 10.4 Å². The van der Waals surface area contributed by atoms with Gasteiger partial charge in [-0.3, -0.25) is 9.55 Å². The average Bonchev–Trinajstić information content (AvgIpc) is 3.27. The molecule has 6 nitrogen and oxygen atoms in total. The van der Waals surface area contributed by atoms with E-state index in [9.17, 15) is 26.7 Å². The largest absolute Gasteiger partial charge is 0.433 e. The van der Waals surface area contributed by atoms with Crippen molar-refractivity contribution in [1.29, 1.82) is 0 Å². The second-order valence-electron chi connectivity index (χ2n) is 5.97. The Hall–Kier alpha value is -2.86. The van der Waals surface area contributed by atoms with Crippen molar-refractivity contribution >= 4 is 11.3 Å². The monoisotopic (exact) mass is 431 g/mol. The second kappa shape index (κ2) is 8.25. The highest BCUT2D eigenvalue weighted by Crippen LogP contribution is 2.31. The first kappa shape index (κ1) is 20.9. The normalized spacial score (nSPS) is 11.7. The van der Waals surface area contributed by atoms with Crippen molar-refractivity contribution in [3.05, 3.63) is 69.0 Å². The summed E-state index contributed by atoms with van der Waals surface area (Å²) in [4.78, 5) is 16.7. The van der Waals surface area contributed by atoms with Gasteiger partial charge in [0.15, 0.2) is 0 Å². The highest BCUT2D eigenvalue weighted by atomic mass is 32.1. The molecule has 0 saturated heterocycles. The first-order valence-electron chi connectivity index (χ1n) is 8.18. The Labute approximate surface area is 164 Å². The van der Waals surface area contributed by atoms with Gasteiger partial charge in [-0.2, -0.15) is 27.1 Å². The van der Waals surface area contributed by atoms with Gasteiger partial charge in [-0.05, 0) is 24.3 Å². The van der Waals surface area contributed by atoms with Crippen molar-refractivity contribution in [2.45, 2.75) is 19.1 Å². The summed E-state index contributed by atoms with van der Waals surface area (Å²) in [6.07, 6.45) is -5.59. The molecular formula is C17H14F5N5OS. The van der Waals surface area contributed by atoms with Crippen LogP contribution in [-0.4, -0.2) is 26.3 Å². The Morgan fingerprint density at radius 2 is 1.97 bits per heavy atom. The highest BCUT2D eigenvalue weighted by Gasteiger charge is 2.32. The number of hydrogen-bond donors (Lipinski definition) is 2. The van der Waals surface area contributed by atoms with Gasteiger partial charge < -0.3 is 5.73 Å². The van der Waals surface area contributed by atoms with Gasteiger partial charge in [0.05, 0.1) is 6.54 Å². The van der Waals surface area contributed by atoms with Crippen LogP contribution < -0.4 is 11.4 Å². The smallest absolute Gasteiger partial charge is 0.327 e. The Kier molecular flexibility index (Phi) is 5.94. The average molecular weight is 431 g/mol. The third kappa shape index (κ3) is 4.77. The molecule has 0 aliphatic rings. The van der Waals surface area contributed by atoms with E-state index in [-0.39, 0.29) is 30.9 Å². The van der Waals surface area contributed by atoms with Gasteiger partial charge in [-0.15, -0.1) is 11.3 Å². The van der Waals surface area contributed by atoms with E-state index >= 15 is 0 Å². The molecule has 3 heterocycles. The quantitative estimate of drug-likeness (QED) is 0.586. The van der Waals surface area contributed by atoms with Gasteiger partial charge in [0, 0.05) is 40.1 Å². The van der Waals surface area contributed by atoms with E-state index in [0.29, 0.717) is 15.3 Å². The van der Waals surface area contributed by atoms with E-state index in [0.717, 1.165) is 12.3 Å². The summed E-state index contributed by atoms with van der Waals surface area (Å²) in [5, 5.41) is 5.99. The fourth-order valence-corrected chi connectivity index (χ4v) is 3.52. The molecule has 29 heavy (non-hydrogen) atoms. The number of thiophene rings is 1. The van der Waals surface area contributed by atoms with Crippen LogP contribution in [0.3, 0.4) is 0 Å².